The third-order valence-electron chi connectivity index (χ3n) is 2.88. The van der Waals surface area contributed by atoms with Crippen molar-refractivity contribution in [3.63, 3.8) is 0 Å². The average molecular weight is 341 g/mol. The van der Waals surface area contributed by atoms with E-state index in [9.17, 15) is 0 Å². The van der Waals surface area contributed by atoms with Crippen LogP contribution in [-0.4, -0.2) is 0 Å². The molecule has 0 amide bonds. The van der Waals surface area contributed by atoms with Crippen LogP contribution in [0.4, 0.5) is 0 Å². The molecular formula is C15H15BrClNO. The highest BCUT2D eigenvalue weighted by atomic mass is 79.9. The molecular weight excluding hydrogens is 326 g/mol. The highest BCUT2D eigenvalue weighted by Crippen LogP contribution is 2.24. The van der Waals surface area contributed by atoms with Crippen molar-refractivity contribution in [3.05, 3.63) is 62.6 Å². The standard InChI is InChI=1S/C15H15BrClNO/c1-10-6-13(4-5-14(10)16)19-9-12-3-2-11(8-18)7-15(12)17/h2-7H,8-9,18H2,1H3. The van der Waals surface area contributed by atoms with Crippen LogP contribution in [0.5, 0.6) is 5.75 Å². The van der Waals surface area contributed by atoms with Gasteiger partial charge in [0.25, 0.3) is 0 Å². The van der Waals surface area contributed by atoms with Gasteiger partial charge in [-0.25, -0.2) is 0 Å². The van der Waals surface area contributed by atoms with E-state index in [0.717, 1.165) is 26.9 Å². The number of aryl methyl sites for hydroxylation is 1. The Morgan fingerprint density at radius 3 is 2.63 bits per heavy atom. The summed E-state index contributed by atoms with van der Waals surface area (Å²) in [5.74, 6) is 0.833. The fraction of sp³-hybridized carbons (Fsp3) is 0.200. The molecule has 0 saturated heterocycles. The van der Waals surface area contributed by atoms with Gasteiger partial charge < -0.3 is 10.5 Å². The second-order valence-electron chi connectivity index (χ2n) is 4.33. The highest BCUT2D eigenvalue weighted by Gasteiger charge is 2.04. The Morgan fingerprint density at radius 2 is 2.00 bits per heavy atom. The van der Waals surface area contributed by atoms with Crippen LogP contribution in [0.1, 0.15) is 16.7 Å². The van der Waals surface area contributed by atoms with Crippen molar-refractivity contribution < 1.29 is 4.74 Å². The smallest absolute Gasteiger partial charge is 0.120 e. The second-order valence-corrected chi connectivity index (χ2v) is 5.59. The molecule has 2 aromatic rings. The first-order chi connectivity index (χ1) is 9.10. The van der Waals surface area contributed by atoms with Gasteiger partial charge in [-0.2, -0.15) is 0 Å². The van der Waals surface area contributed by atoms with E-state index in [1.165, 1.54) is 0 Å². The Morgan fingerprint density at radius 1 is 1.21 bits per heavy atom. The van der Waals surface area contributed by atoms with E-state index in [1.54, 1.807) is 0 Å². The van der Waals surface area contributed by atoms with Gasteiger partial charge in [-0.15, -0.1) is 0 Å². The molecule has 2 aromatic carbocycles. The van der Waals surface area contributed by atoms with Crippen LogP contribution in [0.15, 0.2) is 40.9 Å². The van der Waals surface area contributed by atoms with E-state index in [2.05, 4.69) is 15.9 Å². The molecule has 0 heterocycles. The summed E-state index contributed by atoms with van der Waals surface area (Å²) in [4.78, 5) is 0. The van der Waals surface area contributed by atoms with Crippen LogP contribution >= 0.6 is 27.5 Å². The Bertz CT molecular complexity index is 586. The quantitative estimate of drug-likeness (QED) is 0.892. The molecule has 0 fully saturated rings. The SMILES string of the molecule is Cc1cc(OCc2ccc(CN)cc2Cl)ccc1Br. The number of rotatable bonds is 4. The molecule has 4 heteroatoms. The van der Waals surface area contributed by atoms with Gasteiger partial charge in [0.15, 0.2) is 0 Å². The van der Waals surface area contributed by atoms with Crippen LogP contribution in [0.3, 0.4) is 0 Å². The molecule has 0 saturated carbocycles. The third kappa shape index (κ3) is 3.72. The van der Waals surface area contributed by atoms with Gasteiger partial charge in [0.05, 0.1) is 0 Å². The molecule has 0 spiro atoms. The molecule has 19 heavy (non-hydrogen) atoms. The van der Waals surface area contributed by atoms with Crippen molar-refractivity contribution in [2.75, 3.05) is 0 Å². The maximum Gasteiger partial charge on any atom is 0.120 e. The Kier molecular flexibility index (Phi) is 4.86. The molecule has 2 N–H and O–H groups in total. The fourth-order valence-electron chi connectivity index (χ4n) is 1.70. The van der Waals surface area contributed by atoms with Gasteiger partial charge in [0.2, 0.25) is 0 Å². The first-order valence-electron chi connectivity index (χ1n) is 5.96. The maximum atomic E-state index is 6.19. The second kappa shape index (κ2) is 6.42. The lowest BCUT2D eigenvalue weighted by molar-refractivity contribution is 0.306. The van der Waals surface area contributed by atoms with Gasteiger partial charge in [0.1, 0.15) is 12.4 Å². The summed E-state index contributed by atoms with van der Waals surface area (Å²) in [6.07, 6.45) is 0. The molecule has 100 valence electrons. The predicted molar refractivity (Wildman–Crippen MR) is 82.6 cm³/mol. The molecule has 0 bridgehead atoms. The molecule has 2 rings (SSSR count). The molecule has 0 radical (unpaired) electrons. The molecule has 0 aliphatic carbocycles. The molecule has 0 unspecified atom stereocenters. The molecule has 0 atom stereocenters. The minimum Gasteiger partial charge on any atom is -0.489 e. The van der Waals surface area contributed by atoms with Crippen molar-refractivity contribution in [1.29, 1.82) is 0 Å². The van der Waals surface area contributed by atoms with Gasteiger partial charge in [-0.1, -0.05) is 39.7 Å². The summed E-state index contributed by atoms with van der Waals surface area (Å²) < 4.78 is 6.82. The van der Waals surface area contributed by atoms with Crippen molar-refractivity contribution in [1.82, 2.24) is 0 Å². The van der Waals surface area contributed by atoms with Crippen molar-refractivity contribution in [2.24, 2.45) is 5.73 Å². The lowest BCUT2D eigenvalue weighted by Gasteiger charge is -2.10. The summed E-state index contributed by atoms with van der Waals surface area (Å²) in [5, 5.41) is 0.691. The number of ether oxygens (including phenoxy) is 1. The van der Waals surface area contributed by atoms with Gasteiger partial charge in [-0.3, -0.25) is 0 Å². The van der Waals surface area contributed by atoms with Crippen LogP contribution in [0.2, 0.25) is 5.02 Å². The van der Waals surface area contributed by atoms with E-state index in [-0.39, 0.29) is 0 Å². The fourth-order valence-corrected chi connectivity index (χ4v) is 2.21. The zero-order valence-corrected chi connectivity index (χ0v) is 13.0. The summed E-state index contributed by atoms with van der Waals surface area (Å²) in [6.45, 7) is 2.97. The Balaban J connectivity index is 2.07. The van der Waals surface area contributed by atoms with Crippen LogP contribution in [-0.2, 0) is 13.2 Å². The first-order valence-corrected chi connectivity index (χ1v) is 7.13. The Labute approximate surface area is 126 Å². The lowest BCUT2D eigenvalue weighted by Crippen LogP contribution is -2.00. The number of nitrogens with two attached hydrogens (primary N) is 1. The molecule has 0 aliphatic rings. The summed E-state index contributed by atoms with van der Waals surface area (Å²) >= 11 is 9.65. The first kappa shape index (κ1) is 14.4. The van der Waals surface area contributed by atoms with Crippen LogP contribution in [0.25, 0.3) is 0 Å². The normalized spacial score (nSPS) is 10.5. The maximum absolute atomic E-state index is 6.19. The average Bonchev–Trinajstić information content (AvgIpc) is 2.41. The summed E-state index contributed by atoms with van der Waals surface area (Å²) in [7, 11) is 0. The lowest BCUT2D eigenvalue weighted by atomic mass is 10.1. The number of halogens is 2. The van der Waals surface area contributed by atoms with Gasteiger partial charge in [-0.05, 0) is 42.3 Å². The topological polar surface area (TPSA) is 35.2 Å². The zero-order chi connectivity index (χ0) is 13.8. The predicted octanol–water partition coefficient (Wildman–Crippen LogP) is 4.45. The number of benzene rings is 2. The van der Waals surface area contributed by atoms with Gasteiger partial charge >= 0.3 is 0 Å². The summed E-state index contributed by atoms with van der Waals surface area (Å²) in [5.41, 5.74) is 8.69. The van der Waals surface area contributed by atoms with Crippen molar-refractivity contribution >= 4 is 27.5 Å². The van der Waals surface area contributed by atoms with Gasteiger partial charge in [0, 0.05) is 21.6 Å². The van der Waals surface area contributed by atoms with Crippen LogP contribution < -0.4 is 10.5 Å². The van der Waals surface area contributed by atoms with E-state index >= 15 is 0 Å². The summed E-state index contributed by atoms with van der Waals surface area (Å²) in [6, 6.07) is 11.7. The largest absolute Gasteiger partial charge is 0.489 e. The molecule has 0 aromatic heterocycles. The van der Waals surface area contributed by atoms with Crippen molar-refractivity contribution in [2.45, 2.75) is 20.1 Å². The minimum absolute atomic E-state index is 0.449. The van der Waals surface area contributed by atoms with E-state index in [4.69, 9.17) is 22.1 Å². The van der Waals surface area contributed by atoms with Crippen molar-refractivity contribution in [3.8, 4) is 5.75 Å². The number of hydrogen-bond donors (Lipinski definition) is 1. The highest BCUT2D eigenvalue weighted by molar-refractivity contribution is 9.10. The van der Waals surface area contributed by atoms with E-state index in [0.29, 0.717) is 18.2 Å². The number of hydrogen-bond acceptors (Lipinski definition) is 2. The van der Waals surface area contributed by atoms with Crippen LogP contribution in [0, 0.1) is 6.92 Å². The van der Waals surface area contributed by atoms with E-state index in [1.807, 2.05) is 43.3 Å². The molecule has 2 nitrogen and oxygen atoms in total. The zero-order valence-electron chi connectivity index (χ0n) is 10.6. The third-order valence-corrected chi connectivity index (χ3v) is 4.12. The molecule has 0 aliphatic heterocycles. The Hall–Kier alpha value is -1.03. The monoisotopic (exact) mass is 339 g/mol. The van der Waals surface area contributed by atoms with E-state index < -0.39 is 0 Å². The minimum atomic E-state index is 0.449.